The van der Waals surface area contributed by atoms with Crippen LogP contribution in [0, 0.1) is 5.92 Å². The van der Waals surface area contributed by atoms with Gasteiger partial charge in [0.2, 0.25) is 0 Å². The van der Waals surface area contributed by atoms with Gasteiger partial charge in [-0.3, -0.25) is 10.1 Å². The number of carboxylic acid groups (broad SMARTS) is 1. The molecule has 0 rings (SSSR count). The van der Waals surface area contributed by atoms with Crippen molar-refractivity contribution in [1.29, 1.82) is 0 Å². The number of carboxylic acids is 1. The van der Waals surface area contributed by atoms with Gasteiger partial charge < -0.3 is 9.84 Å². The normalized spacial score (nSPS) is 16.6. The van der Waals surface area contributed by atoms with E-state index >= 15 is 0 Å². The fourth-order valence-corrected chi connectivity index (χ4v) is 2.06. The quantitative estimate of drug-likeness (QED) is 0.601. The Kier molecular flexibility index (Phi) is 8.26. The lowest BCUT2D eigenvalue weighted by atomic mass is 9.89. The molecular weight excluding hydrogens is 242 g/mol. The van der Waals surface area contributed by atoms with Crippen LogP contribution in [0.3, 0.4) is 0 Å². The first-order valence-electron chi connectivity index (χ1n) is 7.38. The van der Waals surface area contributed by atoms with Gasteiger partial charge in [-0.25, -0.2) is 0 Å². The zero-order valence-corrected chi connectivity index (χ0v) is 13.3. The zero-order chi connectivity index (χ0) is 15.1. The van der Waals surface area contributed by atoms with Crippen LogP contribution in [0.1, 0.15) is 60.8 Å². The third-order valence-electron chi connectivity index (χ3n) is 3.65. The maximum absolute atomic E-state index is 11.5. The van der Waals surface area contributed by atoms with E-state index in [9.17, 15) is 9.90 Å². The molecule has 0 aliphatic carbocycles. The Morgan fingerprint density at radius 3 is 2.21 bits per heavy atom. The minimum absolute atomic E-state index is 0.159. The topological polar surface area (TPSA) is 58.6 Å². The van der Waals surface area contributed by atoms with Crippen LogP contribution in [-0.2, 0) is 9.53 Å². The van der Waals surface area contributed by atoms with Gasteiger partial charge in [0.25, 0.3) is 0 Å². The Bertz CT molecular complexity index is 266. The molecule has 0 saturated carbocycles. The third kappa shape index (κ3) is 6.39. The number of hydrogen-bond acceptors (Lipinski definition) is 3. The highest BCUT2D eigenvalue weighted by Crippen LogP contribution is 2.19. The minimum Gasteiger partial charge on any atom is -0.480 e. The molecule has 0 heterocycles. The maximum Gasteiger partial charge on any atom is 0.323 e. The molecule has 4 heteroatoms. The summed E-state index contributed by atoms with van der Waals surface area (Å²) in [4.78, 5) is 11.5. The van der Waals surface area contributed by atoms with Crippen LogP contribution in [0.2, 0.25) is 0 Å². The molecule has 19 heavy (non-hydrogen) atoms. The number of rotatable bonds is 10. The van der Waals surface area contributed by atoms with Crippen molar-refractivity contribution in [3.05, 3.63) is 0 Å². The molecule has 2 atom stereocenters. The number of carbonyl (C=O) groups is 1. The fourth-order valence-electron chi connectivity index (χ4n) is 2.06. The average Bonchev–Trinajstić information content (AvgIpc) is 2.31. The molecule has 0 aromatic carbocycles. The van der Waals surface area contributed by atoms with Gasteiger partial charge >= 0.3 is 5.97 Å². The average molecular weight is 273 g/mol. The maximum atomic E-state index is 11.5. The first-order chi connectivity index (χ1) is 8.75. The van der Waals surface area contributed by atoms with Crippen molar-refractivity contribution in [3.8, 4) is 0 Å². The molecule has 0 fully saturated rings. The van der Waals surface area contributed by atoms with Crippen molar-refractivity contribution in [2.75, 3.05) is 6.61 Å². The molecule has 0 bridgehead atoms. The Balaban J connectivity index is 4.31. The van der Waals surface area contributed by atoms with Crippen LogP contribution < -0.4 is 5.32 Å². The summed E-state index contributed by atoms with van der Waals surface area (Å²) in [5.74, 6) is -0.273. The summed E-state index contributed by atoms with van der Waals surface area (Å²) < 4.78 is 5.71. The van der Waals surface area contributed by atoms with Gasteiger partial charge in [-0.1, -0.05) is 20.8 Å². The lowest BCUT2D eigenvalue weighted by molar-refractivity contribution is -0.146. The van der Waals surface area contributed by atoms with Crippen LogP contribution in [0.15, 0.2) is 0 Å². The van der Waals surface area contributed by atoms with E-state index in [1.165, 1.54) is 0 Å². The molecule has 114 valence electrons. The molecule has 4 nitrogen and oxygen atoms in total. The lowest BCUT2D eigenvalue weighted by Crippen LogP contribution is -2.54. The van der Waals surface area contributed by atoms with Crippen molar-refractivity contribution in [3.63, 3.8) is 0 Å². The Labute approximate surface area is 117 Å². The summed E-state index contributed by atoms with van der Waals surface area (Å²) in [5.41, 5.74) is -0.821. The third-order valence-corrected chi connectivity index (χ3v) is 3.65. The van der Waals surface area contributed by atoms with Crippen molar-refractivity contribution in [2.24, 2.45) is 5.92 Å². The Morgan fingerprint density at radius 1 is 1.26 bits per heavy atom. The second kappa shape index (κ2) is 8.54. The summed E-state index contributed by atoms with van der Waals surface area (Å²) in [5, 5.41) is 12.7. The predicted molar refractivity (Wildman–Crippen MR) is 78.4 cm³/mol. The highest BCUT2D eigenvalue weighted by Gasteiger charge is 2.36. The van der Waals surface area contributed by atoms with E-state index in [1.807, 2.05) is 20.8 Å². The molecule has 0 spiro atoms. The van der Waals surface area contributed by atoms with Crippen LogP contribution in [0.4, 0.5) is 0 Å². The second-order valence-electron chi connectivity index (χ2n) is 5.96. The zero-order valence-electron chi connectivity index (χ0n) is 13.3. The first-order valence-corrected chi connectivity index (χ1v) is 7.38. The predicted octanol–water partition coefficient (Wildman–Crippen LogP) is 3.06. The Morgan fingerprint density at radius 2 is 1.84 bits per heavy atom. The number of hydrogen-bond donors (Lipinski definition) is 2. The van der Waals surface area contributed by atoms with Gasteiger partial charge in [0, 0.05) is 12.6 Å². The van der Waals surface area contributed by atoms with Gasteiger partial charge in [0.1, 0.15) is 5.54 Å². The molecule has 0 amide bonds. The van der Waals surface area contributed by atoms with Crippen LogP contribution >= 0.6 is 0 Å². The van der Waals surface area contributed by atoms with Crippen LogP contribution in [0.25, 0.3) is 0 Å². The molecule has 0 aromatic heterocycles. The molecule has 0 saturated heterocycles. The highest BCUT2D eigenvalue weighted by molar-refractivity contribution is 5.78. The smallest absolute Gasteiger partial charge is 0.323 e. The molecule has 2 unspecified atom stereocenters. The molecule has 0 aliphatic heterocycles. The lowest BCUT2D eigenvalue weighted by Gasteiger charge is -2.32. The molecule has 2 N–H and O–H groups in total. The summed E-state index contributed by atoms with van der Waals surface area (Å²) in [6, 6.07) is 0.159. The summed E-state index contributed by atoms with van der Waals surface area (Å²) in [6.45, 7) is 12.8. The SMILES string of the molecule is CCC(CCCOC(C)C(C)C)(NC(C)C)C(=O)O. The van der Waals surface area contributed by atoms with Crippen molar-refractivity contribution >= 4 is 5.97 Å². The first kappa shape index (κ1) is 18.4. The van der Waals surface area contributed by atoms with E-state index in [0.717, 1.165) is 6.42 Å². The van der Waals surface area contributed by atoms with Crippen LogP contribution in [0.5, 0.6) is 0 Å². The summed E-state index contributed by atoms with van der Waals surface area (Å²) in [7, 11) is 0. The Hall–Kier alpha value is -0.610. The molecule has 0 radical (unpaired) electrons. The molecule has 0 aromatic rings. The van der Waals surface area contributed by atoms with Gasteiger partial charge in [0.15, 0.2) is 0 Å². The van der Waals surface area contributed by atoms with Gasteiger partial charge in [0.05, 0.1) is 6.10 Å². The largest absolute Gasteiger partial charge is 0.480 e. The van der Waals surface area contributed by atoms with Crippen molar-refractivity contribution in [2.45, 2.75) is 78.5 Å². The molecular formula is C15H31NO3. The van der Waals surface area contributed by atoms with Crippen molar-refractivity contribution in [1.82, 2.24) is 5.32 Å². The minimum atomic E-state index is -0.821. The monoisotopic (exact) mass is 273 g/mol. The number of aliphatic carboxylic acids is 1. The van der Waals surface area contributed by atoms with E-state index in [4.69, 9.17) is 4.74 Å². The van der Waals surface area contributed by atoms with E-state index in [-0.39, 0.29) is 12.1 Å². The number of nitrogens with one attached hydrogen (secondary N) is 1. The van der Waals surface area contributed by atoms with Gasteiger partial charge in [-0.2, -0.15) is 0 Å². The van der Waals surface area contributed by atoms with Gasteiger partial charge in [-0.15, -0.1) is 0 Å². The van der Waals surface area contributed by atoms with E-state index in [2.05, 4.69) is 26.1 Å². The fraction of sp³-hybridized carbons (Fsp3) is 0.933. The summed E-state index contributed by atoms with van der Waals surface area (Å²) >= 11 is 0. The van der Waals surface area contributed by atoms with Gasteiger partial charge in [-0.05, 0) is 46.0 Å². The summed E-state index contributed by atoms with van der Waals surface area (Å²) in [6.07, 6.45) is 2.16. The number of ether oxygens (including phenoxy) is 1. The standard InChI is InChI=1S/C15H31NO3/c1-7-15(14(17)18,16-12(4)5)9-8-10-19-13(6)11(2)3/h11-13,16H,7-10H2,1-6H3,(H,17,18). The van der Waals surface area contributed by atoms with E-state index in [1.54, 1.807) is 0 Å². The molecule has 0 aliphatic rings. The van der Waals surface area contributed by atoms with Crippen molar-refractivity contribution < 1.29 is 14.6 Å². The van der Waals surface area contributed by atoms with E-state index < -0.39 is 11.5 Å². The van der Waals surface area contributed by atoms with Crippen LogP contribution in [-0.4, -0.2) is 35.4 Å². The van der Waals surface area contributed by atoms with E-state index in [0.29, 0.717) is 25.4 Å². The second-order valence-corrected chi connectivity index (χ2v) is 5.96. The highest BCUT2D eigenvalue weighted by atomic mass is 16.5.